The Morgan fingerprint density at radius 1 is 1.11 bits per heavy atom. The predicted molar refractivity (Wildman–Crippen MR) is 106 cm³/mol. The summed E-state index contributed by atoms with van der Waals surface area (Å²) < 4.78 is 51.4. The zero-order valence-electron chi connectivity index (χ0n) is 14.9. The normalized spacial score (nSPS) is 11.3. The minimum Gasteiger partial charge on any atom is -0.352 e. The summed E-state index contributed by atoms with van der Waals surface area (Å²) in [6.07, 6.45) is 1.18. The van der Waals surface area contributed by atoms with Crippen molar-refractivity contribution >= 4 is 44.8 Å². The first kappa shape index (κ1) is 22.4. The van der Waals surface area contributed by atoms with E-state index in [1.54, 1.807) is 18.2 Å². The molecule has 0 heterocycles. The number of rotatable bonds is 8. The van der Waals surface area contributed by atoms with Gasteiger partial charge in [0.2, 0.25) is 15.9 Å². The van der Waals surface area contributed by atoms with Crippen molar-refractivity contribution in [1.29, 1.82) is 0 Å². The third kappa shape index (κ3) is 6.32. The number of nitrogens with one attached hydrogen (secondary N) is 1. The van der Waals surface area contributed by atoms with Crippen molar-refractivity contribution in [2.75, 3.05) is 17.1 Å². The van der Waals surface area contributed by atoms with Gasteiger partial charge < -0.3 is 5.32 Å². The van der Waals surface area contributed by atoms with Gasteiger partial charge in [-0.3, -0.25) is 9.10 Å². The molecule has 0 saturated carbocycles. The van der Waals surface area contributed by atoms with Crippen molar-refractivity contribution in [2.24, 2.45) is 0 Å². The van der Waals surface area contributed by atoms with Crippen LogP contribution in [0.3, 0.4) is 0 Å². The Morgan fingerprint density at radius 2 is 1.82 bits per heavy atom. The number of hydrogen-bond donors (Lipinski definition) is 1. The van der Waals surface area contributed by atoms with Crippen LogP contribution >= 0.6 is 23.2 Å². The van der Waals surface area contributed by atoms with E-state index in [-0.39, 0.29) is 37.5 Å². The lowest BCUT2D eigenvalue weighted by molar-refractivity contribution is -0.121. The van der Waals surface area contributed by atoms with Crippen molar-refractivity contribution in [3.63, 3.8) is 0 Å². The number of benzene rings is 2. The number of carbonyl (C=O) groups excluding carboxylic acids is 1. The molecule has 0 aliphatic carbocycles. The molecule has 28 heavy (non-hydrogen) atoms. The van der Waals surface area contributed by atoms with Crippen LogP contribution in [0.4, 0.5) is 14.5 Å². The molecular formula is C18H18Cl2F2N2O3S. The average Bonchev–Trinajstić information content (AvgIpc) is 2.59. The SMILES string of the molecule is CS(=O)(=O)N(CCCC(=O)NCc1ccc(Cl)cc1Cl)c1ccc(F)c(F)c1. The maximum absolute atomic E-state index is 13.4. The second-order valence-electron chi connectivity index (χ2n) is 6.05. The fourth-order valence-corrected chi connectivity index (χ4v) is 3.89. The Bertz CT molecular complexity index is 971. The molecule has 0 atom stereocenters. The van der Waals surface area contributed by atoms with Crippen LogP contribution in [0.1, 0.15) is 18.4 Å². The zero-order valence-corrected chi connectivity index (χ0v) is 17.2. The third-order valence-electron chi connectivity index (χ3n) is 3.85. The molecule has 0 unspecified atom stereocenters. The molecule has 10 heteroatoms. The summed E-state index contributed by atoms with van der Waals surface area (Å²) in [5.74, 6) is -2.52. The summed E-state index contributed by atoms with van der Waals surface area (Å²) in [6.45, 7) is 0.146. The molecule has 0 spiro atoms. The van der Waals surface area contributed by atoms with Gasteiger partial charge in [-0.1, -0.05) is 29.3 Å². The van der Waals surface area contributed by atoms with Gasteiger partial charge in [-0.2, -0.15) is 0 Å². The van der Waals surface area contributed by atoms with Crippen molar-refractivity contribution in [1.82, 2.24) is 5.32 Å². The Hall–Kier alpha value is -1.90. The van der Waals surface area contributed by atoms with Crippen molar-refractivity contribution in [2.45, 2.75) is 19.4 Å². The van der Waals surface area contributed by atoms with Crippen molar-refractivity contribution in [3.05, 3.63) is 63.6 Å². The second-order valence-corrected chi connectivity index (χ2v) is 8.80. The lowest BCUT2D eigenvalue weighted by atomic mass is 10.2. The van der Waals surface area contributed by atoms with Gasteiger partial charge in [-0.05, 0) is 36.2 Å². The van der Waals surface area contributed by atoms with E-state index in [1.165, 1.54) is 6.07 Å². The molecule has 0 aromatic heterocycles. The molecule has 1 N–H and O–H groups in total. The minimum atomic E-state index is -3.73. The Balaban J connectivity index is 1.92. The highest BCUT2D eigenvalue weighted by atomic mass is 35.5. The van der Waals surface area contributed by atoms with E-state index in [0.717, 1.165) is 22.7 Å². The van der Waals surface area contributed by atoms with Crippen molar-refractivity contribution in [3.8, 4) is 0 Å². The van der Waals surface area contributed by atoms with Crippen LogP contribution in [0.5, 0.6) is 0 Å². The molecule has 0 fully saturated rings. The highest BCUT2D eigenvalue weighted by molar-refractivity contribution is 7.92. The molecular weight excluding hydrogens is 433 g/mol. The maximum Gasteiger partial charge on any atom is 0.232 e. The van der Waals surface area contributed by atoms with E-state index in [0.29, 0.717) is 15.6 Å². The summed E-state index contributed by atoms with van der Waals surface area (Å²) in [5.41, 5.74) is 0.689. The molecule has 0 bridgehead atoms. The fraction of sp³-hybridized carbons (Fsp3) is 0.278. The molecule has 0 radical (unpaired) electrons. The molecule has 0 aliphatic rings. The number of amides is 1. The van der Waals surface area contributed by atoms with Crippen molar-refractivity contribution < 1.29 is 22.0 Å². The standard InChI is InChI=1S/C18H18Cl2F2N2O3S/c1-28(26,27)24(14-6-7-16(21)17(22)10-14)8-2-3-18(25)23-11-12-4-5-13(19)9-15(12)20/h4-7,9-10H,2-3,8,11H2,1H3,(H,23,25). The van der Waals surface area contributed by atoms with Gasteiger partial charge in [-0.15, -0.1) is 0 Å². The maximum atomic E-state index is 13.4. The molecule has 152 valence electrons. The smallest absolute Gasteiger partial charge is 0.232 e. The molecule has 5 nitrogen and oxygen atoms in total. The van der Waals surface area contributed by atoms with Crippen LogP contribution in [0, 0.1) is 11.6 Å². The monoisotopic (exact) mass is 450 g/mol. The predicted octanol–water partition coefficient (Wildman–Crippen LogP) is 4.13. The van der Waals surface area contributed by atoms with E-state index in [2.05, 4.69) is 5.32 Å². The molecule has 0 saturated heterocycles. The zero-order chi connectivity index (χ0) is 20.9. The van der Waals surface area contributed by atoms with Gasteiger partial charge in [0.25, 0.3) is 0 Å². The molecule has 2 aromatic carbocycles. The number of anilines is 1. The molecule has 1 amide bonds. The van der Waals surface area contributed by atoms with Crippen LogP contribution in [0.25, 0.3) is 0 Å². The second kappa shape index (κ2) is 9.54. The number of sulfonamides is 1. The topological polar surface area (TPSA) is 66.5 Å². The number of nitrogens with zero attached hydrogens (tertiary/aromatic N) is 1. The van der Waals surface area contributed by atoms with Crippen LogP contribution in [0.2, 0.25) is 10.0 Å². The van der Waals surface area contributed by atoms with E-state index < -0.39 is 21.7 Å². The van der Waals surface area contributed by atoms with Gasteiger partial charge >= 0.3 is 0 Å². The molecule has 2 rings (SSSR count). The quantitative estimate of drug-likeness (QED) is 0.657. The minimum absolute atomic E-state index is 0.00486. The Kier molecular flexibility index (Phi) is 7.63. The van der Waals surface area contributed by atoms with Gasteiger partial charge in [0.05, 0.1) is 11.9 Å². The van der Waals surface area contributed by atoms with Gasteiger partial charge in [0.1, 0.15) is 0 Å². The Labute approximate surface area is 172 Å². The molecule has 2 aromatic rings. The average molecular weight is 451 g/mol. The lowest BCUT2D eigenvalue weighted by Crippen LogP contribution is -2.32. The number of halogens is 4. The summed E-state index contributed by atoms with van der Waals surface area (Å²) >= 11 is 11.8. The van der Waals surface area contributed by atoms with Crippen LogP contribution < -0.4 is 9.62 Å². The van der Waals surface area contributed by atoms with Gasteiger partial charge in [0, 0.05) is 35.6 Å². The summed E-state index contributed by atoms with van der Waals surface area (Å²) in [4.78, 5) is 12.0. The first-order valence-corrected chi connectivity index (χ1v) is 10.8. The highest BCUT2D eigenvalue weighted by Gasteiger charge is 2.19. The largest absolute Gasteiger partial charge is 0.352 e. The molecule has 0 aliphatic heterocycles. The number of carbonyl (C=O) groups is 1. The summed E-state index contributed by atoms with van der Waals surface area (Å²) in [6, 6.07) is 7.74. The fourth-order valence-electron chi connectivity index (χ4n) is 2.46. The third-order valence-corrected chi connectivity index (χ3v) is 5.63. The van der Waals surface area contributed by atoms with E-state index >= 15 is 0 Å². The highest BCUT2D eigenvalue weighted by Crippen LogP contribution is 2.22. The first-order valence-electron chi connectivity index (χ1n) is 8.21. The summed E-state index contributed by atoms with van der Waals surface area (Å²) in [5, 5.41) is 3.59. The first-order chi connectivity index (χ1) is 13.1. The van der Waals surface area contributed by atoms with Crippen LogP contribution in [-0.2, 0) is 21.4 Å². The van der Waals surface area contributed by atoms with Gasteiger partial charge in [-0.25, -0.2) is 17.2 Å². The van der Waals surface area contributed by atoms with Crippen LogP contribution in [-0.4, -0.2) is 27.1 Å². The summed E-state index contributed by atoms with van der Waals surface area (Å²) in [7, 11) is -3.73. The van der Waals surface area contributed by atoms with E-state index in [9.17, 15) is 22.0 Å². The van der Waals surface area contributed by atoms with Gasteiger partial charge in [0.15, 0.2) is 11.6 Å². The van der Waals surface area contributed by atoms with E-state index in [1.807, 2.05) is 0 Å². The number of hydrogen-bond acceptors (Lipinski definition) is 3. The van der Waals surface area contributed by atoms with Crippen LogP contribution in [0.15, 0.2) is 36.4 Å². The van der Waals surface area contributed by atoms with E-state index in [4.69, 9.17) is 23.2 Å². The lowest BCUT2D eigenvalue weighted by Gasteiger charge is -2.22. The Morgan fingerprint density at radius 3 is 2.43 bits per heavy atom.